The molecule has 0 saturated heterocycles. The number of benzene rings is 2. The van der Waals surface area contributed by atoms with Crippen LogP contribution in [0.15, 0.2) is 42.5 Å². The summed E-state index contributed by atoms with van der Waals surface area (Å²) in [5.74, 6) is -0.876. The fraction of sp³-hybridized carbons (Fsp3) is 0.278. The summed E-state index contributed by atoms with van der Waals surface area (Å²) in [5, 5.41) is 16.4. The van der Waals surface area contributed by atoms with Crippen molar-refractivity contribution in [3.8, 4) is 5.75 Å². The Morgan fingerprint density at radius 1 is 1.22 bits per heavy atom. The van der Waals surface area contributed by atoms with Gasteiger partial charge in [0.05, 0.1) is 11.5 Å². The predicted molar refractivity (Wildman–Crippen MR) is 98.6 cm³/mol. The quantitative estimate of drug-likeness (QED) is 0.374. The molecule has 0 spiro atoms. The molecule has 8 nitrogen and oxygen atoms in total. The number of hydrogen-bond acceptors (Lipinski definition) is 6. The van der Waals surface area contributed by atoms with Crippen LogP contribution in [0.5, 0.6) is 5.75 Å². The average molecular weight is 377 g/mol. The van der Waals surface area contributed by atoms with Gasteiger partial charge in [-0.2, -0.15) is 0 Å². The van der Waals surface area contributed by atoms with Crippen LogP contribution in [0.2, 0.25) is 0 Å². The summed E-state index contributed by atoms with van der Waals surface area (Å²) in [6.45, 7) is 0.748. The Kier molecular flexibility index (Phi) is 7.50. The lowest BCUT2D eigenvalue weighted by Crippen LogP contribution is -2.16. The highest BCUT2D eigenvalue weighted by Gasteiger charge is 2.12. The molecule has 2 aromatic rings. The van der Waals surface area contributed by atoms with Gasteiger partial charge < -0.3 is 20.1 Å². The molecule has 9 heteroatoms. The molecule has 2 rings (SSSR count). The van der Waals surface area contributed by atoms with Crippen molar-refractivity contribution in [3.63, 3.8) is 0 Å². The number of carbonyl (C=O) groups is 1. The summed E-state index contributed by atoms with van der Waals surface area (Å²) in [7, 11) is 1.52. The third kappa shape index (κ3) is 6.23. The summed E-state index contributed by atoms with van der Waals surface area (Å²) in [6, 6.07) is 10.3. The standard InChI is InChI=1S/C18H20FN3O5/c1-26-10-11-27-17-7-6-13(12-14(17)19)21-18(23)8-9-20-15-4-2-3-5-16(15)22(24)25/h2-7,12,20H,8-11H2,1H3,(H,21,23). The lowest BCUT2D eigenvalue weighted by molar-refractivity contribution is -0.384. The SMILES string of the molecule is COCCOc1ccc(NC(=O)CCNc2ccccc2[N+](=O)[O-])cc1F. The number of para-hydroxylation sites is 2. The van der Waals surface area contributed by atoms with Gasteiger partial charge in [-0.15, -0.1) is 0 Å². The normalized spacial score (nSPS) is 10.3. The molecule has 0 fully saturated rings. The second-order valence-electron chi connectivity index (χ2n) is 5.49. The molecular weight excluding hydrogens is 357 g/mol. The van der Waals surface area contributed by atoms with E-state index >= 15 is 0 Å². The van der Waals surface area contributed by atoms with Gasteiger partial charge >= 0.3 is 0 Å². The first-order chi connectivity index (χ1) is 13.0. The van der Waals surface area contributed by atoms with E-state index in [-0.39, 0.29) is 36.9 Å². The molecule has 144 valence electrons. The van der Waals surface area contributed by atoms with Gasteiger partial charge in [0.25, 0.3) is 5.69 Å². The topological polar surface area (TPSA) is 103 Å². The van der Waals surface area contributed by atoms with Crippen molar-refractivity contribution in [1.29, 1.82) is 0 Å². The third-order valence-electron chi connectivity index (χ3n) is 3.53. The largest absolute Gasteiger partial charge is 0.488 e. The van der Waals surface area contributed by atoms with Crippen molar-refractivity contribution in [2.24, 2.45) is 0 Å². The zero-order valence-corrected chi connectivity index (χ0v) is 14.7. The van der Waals surface area contributed by atoms with Crippen LogP contribution in [-0.4, -0.2) is 37.7 Å². The fourth-order valence-corrected chi connectivity index (χ4v) is 2.25. The van der Waals surface area contributed by atoms with E-state index in [4.69, 9.17) is 9.47 Å². The van der Waals surface area contributed by atoms with Gasteiger partial charge in [-0.25, -0.2) is 4.39 Å². The van der Waals surface area contributed by atoms with E-state index in [1.807, 2.05) is 0 Å². The summed E-state index contributed by atoms with van der Waals surface area (Å²) >= 11 is 0. The summed E-state index contributed by atoms with van der Waals surface area (Å²) < 4.78 is 24.0. The van der Waals surface area contributed by atoms with E-state index in [0.29, 0.717) is 18.0 Å². The Labute approximate surface area is 155 Å². The number of carbonyl (C=O) groups excluding carboxylic acids is 1. The molecule has 0 aliphatic carbocycles. The van der Waals surface area contributed by atoms with Crippen LogP contribution in [0, 0.1) is 15.9 Å². The van der Waals surface area contributed by atoms with Gasteiger partial charge in [0, 0.05) is 37.9 Å². The number of anilines is 2. The molecule has 0 aliphatic heterocycles. The summed E-state index contributed by atoms with van der Waals surface area (Å²) in [6.07, 6.45) is 0.0553. The number of nitrogens with one attached hydrogen (secondary N) is 2. The monoisotopic (exact) mass is 377 g/mol. The Bertz CT molecular complexity index is 800. The number of methoxy groups -OCH3 is 1. The lowest BCUT2D eigenvalue weighted by Gasteiger charge is -2.10. The lowest BCUT2D eigenvalue weighted by atomic mass is 10.2. The third-order valence-corrected chi connectivity index (χ3v) is 3.53. The van der Waals surface area contributed by atoms with Crippen LogP contribution < -0.4 is 15.4 Å². The minimum absolute atomic E-state index is 0.0553. The zero-order valence-electron chi connectivity index (χ0n) is 14.7. The molecule has 0 unspecified atom stereocenters. The zero-order chi connectivity index (χ0) is 19.6. The minimum Gasteiger partial charge on any atom is -0.488 e. The van der Waals surface area contributed by atoms with Crippen molar-refractivity contribution in [2.45, 2.75) is 6.42 Å². The fourth-order valence-electron chi connectivity index (χ4n) is 2.25. The molecule has 0 heterocycles. The van der Waals surface area contributed by atoms with Crippen molar-refractivity contribution in [2.75, 3.05) is 37.5 Å². The van der Waals surface area contributed by atoms with Gasteiger partial charge in [0.15, 0.2) is 11.6 Å². The minimum atomic E-state index is -0.595. The molecule has 0 radical (unpaired) electrons. The number of nitrogens with zero attached hydrogens (tertiary/aromatic N) is 1. The number of rotatable bonds is 10. The summed E-state index contributed by atoms with van der Waals surface area (Å²) in [5.41, 5.74) is 0.560. The van der Waals surface area contributed by atoms with E-state index < -0.39 is 10.7 Å². The van der Waals surface area contributed by atoms with E-state index in [0.717, 1.165) is 6.07 Å². The van der Waals surface area contributed by atoms with Gasteiger partial charge in [0.2, 0.25) is 5.91 Å². The van der Waals surface area contributed by atoms with Crippen LogP contribution >= 0.6 is 0 Å². The first-order valence-electron chi connectivity index (χ1n) is 8.19. The van der Waals surface area contributed by atoms with E-state index in [9.17, 15) is 19.3 Å². The Morgan fingerprint density at radius 2 is 2.00 bits per heavy atom. The second kappa shape index (κ2) is 10.1. The van der Waals surface area contributed by atoms with Crippen molar-refractivity contribution < 1.29 is 23.6 Å². The number of ether oxygens (including phenoxy) is 2. The molecule has 0 bridgehead atoms. The Hall–Kier alpha value is -3.20. The van der Waals surface area contributed by atoms with Crippen molar-refractivity contribution in [3.05, 3.63) is 58.4 Å². The average Bonchev–Trinajstić information content (AvgIpc) is 2.64. The number of nitro groups is 1. The smallest absolute Gasteiger partial charge is 0.292 e. The highest BCUT2D eigenvalue weighted by Crippen LogP contribution is 2.23. The predicted octanol–water partition coefficient (Wildman–Crippen LogP) is 3.20. The van der Waals surface area contributed by atoms with Crippen molar-refractivity contribution >= 4 is 23.0 Å². The maximum Gasteiger partial charge on any atom is 0.292 e. The number of halogens is 1. The van der Waals surface area contributed by atoms with Crippen LogP contribution in [0.25, 0.3) is 0 Å². The highest BCUT2D eigenvalue weighted by atomic mass is 19.1. The molecule has 0 saturated carbocycles. The van der Waals surface area contributed by atoms with Crippen LogP contribution in [0.3, 0.4) is 0 Å². The van der Waals surface area contributed by atoms with E-state index in [1.165, 1.54) is 25.3 Å². The van der Waals surface area contributed by atoms with Gasteiger partial charge in [-0.05, 0) is 18.2 Å². The van der Waals surface area contributed by atoms with Gasteiger partial charge in [-0.3, -0.25) is 14.9 Å². The Balaban J connectivity index is 1.84. The van der Waals surface area contributed by atoms with E-state index in [2.05, 4.69) is 10.6 Å². The molecule has 0 aromatic heterocycles. The number of nitro benzene ring substituents is 1. The van der Waals surface area contributed by atoms with E-state index in [1.54, 1.807) is 18.2 Å². The second-order valence-corrected chi connectivity index (χ2v) is 5.49. The maximum absolute atomic E-state index is 13.9. The number of amides is 1. The highest BCUT2D eigenvalue weighted by molar-refractivity contribution is 5.91. The molecule has 27 heavy (non-hydrogen) atoms. The van der Waals surface area contributed by atoms with Crippen LogP contribution in [-0.2, 0) is 9.53 Å². The molecule has 0 aliphatic rings. The van der Waals surface area contributed by atoms with Gasteiger partial charge in [-0.1, -0.05) is 12.1 Å². The van der Waals surface area contributed by atoms with Crippen molar-refractivity contribution in [1.82, 2.24) is 0 Å². The number of hydrogen-bond donors (Lipinski definition) is 2. The first kappa shape index (κ1) is 20.1. The molecule has 0 atom stereocenters. The molecule has 2 aromatic carbocycles. The maximum atomic E-state index is 13.9. The molecule has 1 amide bonds. The summed E-state index contributed by atoms with van der Waals surface area (Å²) in [4.78, 5) is 22.4. The molecule has 2 N–H and O–H groups in total. The Morgan fingerprint density at radius 3 is 2.70 bits per heavy atom. The first-order valence-corrected chi connectivity index (χ1v) is 8.19. The molecular formula is C18H20FN3O5. The van der Waals surface area contributed by atoms with Crippen LogP contribution in [0.1, 0.15) is 6.42 Å². The van der Waals surface area contributed by atoms with Crippen LogP contribution in [0.4, 0.5) is 21.5 Å². The van der Waals surface area contributed by atoms with Gasteiger partial charge in [0.1, 0.15) is 12.3 Å².